The van der Waals surface area contributed by atoms with E-state index in [0.717, 1.165) is 18.2 Å². The van der Waals surface area contributed by atoms with Gasteiger partial charge in [-0.25, -0.2) is 0 Å². The van der Waals surface area contributed by atoms with Crippen molar-refractivity contribution in [1.29, 1.82) is 0 Å². The Morgan fingerprint density at radius 2 is 2.06 bits per heavy atom. The minimum absolute atomic E-state index is 0.294. The summed E-state index contributed by atoms with van der Waals surface area (Å²) < 4.78 is 39.1. The van der Waals surface area contributed by atoms with Crippen LogP contribution in [0.1, 0.15) is 17.5 Å². The molecular formula is C13H15F3N2. The molecule has 0 saturated carbocycles. The van der Waals surface area contributed by atoms with Crippen molar-refractivity contribution in [2.24, 2.45) is 0 Å². The Hall–Kier alpha value is -1.49. The van der Waals surface area contributed by atoms with Crippen LogP contribution in [-0.4, -0.2) is 20.1 Å². The van der Waals surface area contributed by atoms with Gasteiger partial charge in [-0.2, -0.15) is 13.2 Å². The summed E-state index contributed by atoms with van der Waals surface area (Å²) in [7, 11) is 1.61. The number of hydrogen-bond acceptors (Lipinski definition) is 2. The predicted octanol–water partition coefficient (Wildman–Crippen LogP) is 3.12. The minimum Gasteiger partial charge on any atom is -0.388 e. The van der Waals surface area contributed by atoms with E-state index in [-0.39, 0.29) is 0 Å². The lowest BCUT2D eigenvalue weighted by atomic mass is 9.94. The molecule has 1 aromatic carbocycles. The van der Waals surface area contributed by atoms with Crippen molar-refractivity contribution in [3.05, 3.63) is 35.4 Å². The molecule has 0 radical (unpaired) electrons. The molecule has 0 aromatic heterocycles. The van der Waals surface area contributed by atoms with Crippen molar-refractivity contribution in [3.8, 4) is 0 Å². The molecule has 1 aromatic rings. The first kappa shape index (κ1) is 13.0. The SMILES string of the molecule is CNc1ccc(C2=CCNCC2)c(C(F)(F)F)c1. The van der Waals surface area contributed by atoms with Gasteiger partial charge in [0.05, 0.1) is 5.56 Å². The van der Waals surface area contributed by atoms with E-state index >= 15 is 0 Å². The van der Waals surface area contributed by atoms with Crippen LogP contribution in [0, 0.1) is 0 Å². The quantitative estimate of drug-likeness (QED) is 0.849. The molecule has 18 heavy (non-hydrogen) atoms. The highest BCUT2D eigenvalue weighted by Crippen LogP contribution is 2.37. The molecule has 0 aliphatic carbocycles. The lowest BCUT2D eigenvalue weighted by molar-refractivity contribution is -0.137. The van der Waals surface area contributed by atoms with Crippen LogP contribution in [0.4, 0.5) is 18.9 Å². The molecule has 5 heteroatoms. The third-order valence-corrected chi connectivity index (χ3v) is 3.02. The van der Waals surface area contributed by atoms with Crippen LogP contribution in [0.2, 0.25) is 0 Å². The first-order chi connectivity index (χ1) is 8.52. The van der Waals surface area contributed by atoms with Crippen LogP contribution in [0.15, 0.2) is 24.3 Å². The van der Waals surface area contributed by atoms with Gasteiger partial charge in [-0.1, -0.05) is 12.1 Å². The summed E-state index contributed by atoms with van der Waals surface area (Å²) in [6.07, 6.45) is -1.87. The summed E-state index contributed by atoms with van der Waals surface area (Å²) in [6, 6.07) is 4.39. The second-order valence-corrected chi connectivity index (χ2v) is 4.19. The van der Waals surface area contributed by atoms with E-state index in [4.69, 9.17) is 0 Å². The highest BCUT2D eigenvalue weighted by atomic mass is 19.4. The number of rotatable bonds is 2. The van der Waals surface area contributed by atoms with E-state index in [0.29, 0.717) is 24.2 Å². The van der Waals surface area contributed by atoms with E-state index in [1.54, 1.807) is 19.2 Å². The molecule has 2 rings (SSSR count). The van der Waals surface area contributed by atoms with Crippen LogP contribution < -0.4 is 10.6 Å². The smallest absolute Gasteiger partial charge is 0.388 e. The molecule has 98 valence electrons. The Morgan fingerprint density at radius 1 is 1.28 bits per heavy atom. The average molecular weight is 256 g/mol. The first-order valence-corrected chi connectivity index (χ1v) is 5.81. The van der Waals surface area contributed by atoms with Gasteiger partial charge in [-0.05, 0) is 36.2 Å². The Morgan fingerprint density at radius 3 is 2.61 bits per heavy atom. The lowest BCUT2D eigenvalue weighted by Gasteiger charge is -2.19. The van der Waals surface area contributed by atoms with Gasteiger partial charge in [-0.15, -0.1) is 0 Å². The maximum atomic E-state index is 13.0. The van der Waals surface area contributed by atoms with Crippen molar-refractivity contribution in [2.45, 2.75) is 12.6 Å². The second-order valence-electron chi connectivity index (χ2n) is 4.19. The molecule has 1 heterocycles. The number of benzene rings is 1. The fourth-order valence-corrected chi connectivity index (χ4v) is 2.08. The van der Waals surface area contributed by atoms with Gasteiger partial charge in [0.2, 0.25) is 0 Å². The molecule has 0 amide bonds. The van der Waals surface area contributed by atoms with Gasteiger partial charge >= 0.3 is 6.18 Å². The number of anilines is 1. The normalized spacial score (nSPS) is 16.3. The molecule has 0 fully saturated rings. The van der Waals surface area contributed by atoms with Crippen LogP contribution in [0.3, 0.4) is 0 Å². The fraction of sp³-hybridized carbons (Fsp3) is 0.385. The summed E-state index contributed by atoms with van der Waals surface area (Å²) in [5.41, 5.74) is 0.967. The minimum atomic E-state index is -4.33. The van der Waals surface area contributed by atoms with E-state index in [1.165, 1.54) is 0 Å². The van der Waals surface area contributed by atoms with E-state index < -0.39 is 11.7 Å². The van der Waals surface area contributed by atoms with Crippen LogP contribution >= 0.6 is 0 Å². The molecule has 0 atom stereocenters. The van der Waals surface area contributed by atoms with Crippen molar-refractivity contribution >= 4 is 11.3 Å². The Bertz CT molecular complexity index is 464. The highest BCUT2D eigenvalue weighted by molar-refractivity contribution is 5.71. The van der Waals surface area contributed by atoms with Crippen LogP contribution in [-0.2, 0) is 6.18 Å². The van der Waals surface area contributed by atoms with Gasteiger partial charge in [0.25, 0.3) is 0 Å². The van der Waals surface area contributed by atoms with E-state index in [1.807, 2.05) is 6.08 Å². The van der Waals surface area contributed by atoms with Gasteiger partial charge in [0.1, 0.15) is 0 Å². The third-order valence-electron chi connectivity index (χ3n) is 3.02. The Balaban J connectivity index is 2.49. The maximum absolute atomic E-state index is 13.0. The molecule has 2 N–H and O–H groups in total. The average Bonchev–Trinajstić information content (AvgIpc) is 2.38. The Labute approximate surface area is 104 Å². The largest absolute Gasteiger partial charge is 0.417 e. The number of alkyl halides is 3. The lowest BCUT2D eigenvalue weighted by Crippen LogP contribution is -2.21. The number of hydrogen-bond donors (Lipinski definition) is 2. The van der Waals surface area contributed by atoms with Gasteiger partial charge in [-0.3, -0.25) is 0 Å². The van der Waals surface area contributed by atoms with Gasteiger partial charge in [0.15, 0.2) is 0 Å². The van der Waals surface area contributed by atoms with Crippen molar-refractivity contribution in [2.75, 3.05) is 25.5 Å². The first-order valence-electron chi connectivity index (χ1n) is 5.81. The zero-order valence-corrected chi connectivity index (χ0v) is 10.1. The predicted molar refractivity (Wildman–Crippen MR) is 66.5 cm³/mol. The van der Waals surface area contributed by atoms with E-state index in [2.05, 4.69) is 10.6 Å². The highest BCUT2D eigenvalue weighted by Gasteiger charge is 2.34. The summed E-state index contributed by atoms with van der Waals surface area (Å²) in [4.78, 5) is 0. The van der Waals surface area contributed by atoms with Gasteiger partial charge < -0.3 is 10.6 Å². The molecule has 1 aliphatic rings. The zero-order chi connectivity index (χ0) is 13.2. The summed E-state index contributed by atoms with van der Waals surface area (Å²) in [5, 5.41) is 5.83. The van der Waals surface area contributed by atoms with Gasteiger partial charge in [0, 0.05) is 19.3 Å². The van der Waals surface area contributed by atoms with E-state index in [9.17, 15) is 13.2 Å². The molecule has 0 saturated heterocycles. The number of nitrogens with one attached hydrogen (secondary N) is 2. The van der Waals surface area contributed by atoms with Crippen molar-refractivity contribution in [3.63, 3.8) is 0 Å². The molecule has 0 bridgehead atoms. The molecule has 0 unspecified atom stereocenters. The monoisotopic (exact) mass is 256 g/mol. The fourth-order valence-electron chi connectivity index (χ4n) is 2.08. The standard InChI is InChI=1S/C13H15F3N2/c1-17-10-2-3-11(9-4-6-18-7-5-9)12(8-10)13(14,15)16/h2-4,8,17-18H,5-7H2,1H3. The van der Waals surface area contributed by atoms with Crippen molar-refractivity contribution in [1.82, 2.24) is 5.32 Å². The third kappa shape index (κ3) is 2.67. The summed E-state index contributed by atoms with van der Waals surface area (Å²) in [6.45, 7) is 1.34. The van der Waals surface area contributed by atoms with Crippen LogP contribution in [0.5, 0.6) is 0 Å². The molecular weight excluding hydrogens is 241 g/mol. The zero-order valence-electron chi connectivity index (χ0n) is 10.1. The van der Waals surface area contributed by atoms with Crippen molar-refractivity contribution < 1.29 is 13.2 Å². The van der Waals surface area contributed by atoms with Crippen LogP contribution in [0.25, 0.3) is 5.57 Å². The maximum Gasteiger partial charge on any atom is 0.417 e. The summed E-state index contributed by atoms with van der Waals surface area (Å²) >= 11 is 0. The summed E-state index contributed by atoms with van der Waals surface area (Å²) in [5.74, 6) is 0. The molecule has 0 spiro atoms. The molecule has 2 nitrogen and oxygen atoms in total. The topological polar surface area (TPSA) is 24.1 Å². The number of halogens is 3. The molecule has 1 aliphatic heterocycles. The second kappa shape index (κ2) is 5.02. The Kier molecular flexibility index (Phi) is 3.61.